The summed E-state index contributed by atoms with van der Waals surface area (Å²) < 4.78 is 5.19. The van der Waals surface area contributed by atoms with Crippen molar-refractivity contribution in [2.45, 2.75) is 19.1 Å². The zero-order valence-electron chi connectivity index (χ0n) is 13.0. The van der Waals surface area contributed by atoms with Crippen LogP contribution in [0.25, 0.3) is 0 Å². The van der Waals surface area contributed by atoms with E-state index in [4.69, 9.17) is 4.74 Å². The minimum atomic E-state index is -0.658. The van der Waals surface area contributed by atoms with Crippen LogP contribution in [0.4, 0.5) is 5.69 Å². The van der Waals surface area contributed by atoms with E-state index in [1.54, 1.807) is 14.0 Å². The molecule has 2 rings (SSSR count). The van der Waals surface area contributed by atoms with Gasteiger partial charge in [0.05, 0.1) is 19.3 Å². The van der Waals surface area contributed by atoms with Crippen LogP contribution in [0.15, 0.2) is 54.6 Å². The highest BCUT2D eigenvalue weighted by atomic mass is 16.5. The van der Waals surface area contributed by atoms with Gasteiger partial charge in [0.15, 0.2) is 0 Å². The smallest absolute Gasteiger partial charge is 0.119 e. The van der Waals surface area contributed by atoms with Crippen molar-refractivity contribution in [3.05, 3.63) is 60.2 Å². The molecule has 0 fully saturated rings. The number of anilines is 1. The standard InChI is InChI=1S/C18H23NO3/c1-14(20)12-19(16-8-4-3-5-9-16)13-18(21)15-7-6-10-17(11-15)22-2/h3-11,14,18,20-21H,12-13H2,1-2H3/t14-,18-/m1/s1. The molecule has 0 bridgehead atoms. The van der Waals surface area contributed by atoms with Gasteiger partial charge in [-0.3, -0.25) is 0 Å². The number of aliphatic hydroxyl groups excluding tert-OH is 2. The van der Waals surface area contributed by atoms with Crippen LogP contribution in [0.3, 0.4) is 0 Å². The van der Waals surface area contributed by atoms with Crippen LogP contribution in [0.5, 0.6) is 5.75 Å². The zero-order chi connectivity index (χ0) is 15.9. The van der Waals surface area contributed by atoms with Crippen molar-refractivity contribution in [1.29, 1.82) is 0 Å². The molecule has 4 nitrogen and oxygen atoms in total. The Bertz CT molecular complexity index is 572. The Labute approximate surface area is 131 Å². The van der Waals surface area contributed by atoms with Crippen molar-refractivity contribution in [2.75, 3.05) is 25.1 Å². The number of benzene rings is 2. The van der Waals surface area contributed by atoms with E-state index in [0.29, 0.717) is 13.1 Å². The Balaban J connectivity index is 2.15. The fourth-order valence-corrected chi connectivity index (χ4v) is 2.41. The molecule has 0 radical (unpaired) electrons. The van der Waals surface area contributed by atoms with Crippen LogP contribution in [0, 0.1) is 0 Å². The van der Waals surface area contributed by atoms with E-state index in [1.807, 2.05) is 59.5 Å². The zero-order valence-corrected chi connectivity index (χ0v) is 13.0. The van der Waals surface area contributed by atoms with Gasteiger partial charge >= 0.3 is 0 Å². The molecule has 2 aromatic rings. The molecule has 0 saturated heterocycles. The lowest BCUT2D eigenvalue weighted by atomic mass is 10.1. The van der Waals surface area contributed by atoms with Gasteiger partial charge in [0.2, 0.25) is 0 Å². The summed E-state index contributed by atoms with van der Waals surface area (Å²) in [6, 6.07) is 17.2. The maximum atomic E-state index is 10.5. The molecular weight excluding hydrogens is 278 g/mol. The van der Waals surface area contributed by atoms with Crippen molar-refractivity contribution in [2.24, 2.45) is 0 Å². The highest BCUT2D eigenvalue weighted by molar-refractivity contribution is 5.46. The summed E-state index contributed by atoms with van der Waals surface area (Å²) in [5.41, 5.74) is 1.77. The third kappa shape index (κ3) is 4.48. The van der Waals surface area contributed by atoms with E-state index in [0.717, 1.165) is 17.0 Å². The van der Waals surface area contributed by atoms with Crippen LogP contribution >= 0.6 is 0 Å². The second-order valence-corrected chi connectivity index (χ2v) is 5.38. The van der Waals surface area contributed by atoms with Gasteiger partial charge in [-0.05, 0) is 36.8 Å². The molecule has 0 aliphatic heterocycles. The minimum Gasteiger partial charge on any atom is -0.497 e. The van der Waals surface area contributed by atoms with Gasteiger partial charge in [-0.1, -0.05) is 30.3 Å². The molecule has 2 aromatic carbocycles. The Morgan fingerprint density at radius 1 is 1.00 bits per heavy atom. The average molecular weight is 301 g/mol. The molecule has 0 aliphatic rings. The van der Waals surface area contributed by atoms with E-state index in [9.17, 15) is 10.2 Å². The fraction of sp³-hybridized carbons (Fsp3) is 0.333. The van der Waals surface area contributed by atoms with E-state index < -0.39 is 12.2 Å². The quantitative estimate of drug-likeness (QED) is 0.825. The third-order valence-corrected chi connectivity index (χ3v) is 3.48. The largest absolute Gasteiger partial charge is 0.497 e. The van der Waals surface area contributed by atoms with Crippen LogP contribution in [-0.2, 0) is 0 Å². The molecule has 0 aromatic heterocycles. The molecule has 0 saturated carbocycles. The van der Waals surface area contributed by atoms with Crippen LogP contribution in [0.1, 0.15) is 18.6 Å². The average Bonchev–Trinajstić information content (AvgIpc) is 2.54. The highest BCUT2D eigenvalue weighted by Gasteiger charge is 2.16. The SMILES string of the molecule is COc1cccc([C@H](O)CN(C[C@@H](C)O)c2ccccc2)c1. The molecule has 4 heteroatoms. The summed E-state index contributed by atoms with van der Waals surface area (Å²) in [7, 11) is 1.61. The molecule has 22 heavy (non-hydrogen) atoms. The van der Waals surface area contributed by atoms with Crippen molar-refractivity contribution in [3.63, 3.8) is 0 Å². The van der Waals surface area contributed by atoms with Gasteiger partial charge in [0.1, 0.15) is 5.75 Å². The Morgan fingerprint density at radius 3 is 2.36 bits per heavy atom. The topological polar surface area (TPSA) is 52.9 Å². The molecule has 0 aliphatic carbocycles. The number of rotatable bonds is 7. The normalized spacial score (nSPS) is 13.5. The molecule has 2 N–H and O–H groups in total. The first-order valence-corrected chi connectivity index (χ1v) is 7.40. The minimum absolute atomic E-state index is 0.405. The molecule has 118 valence electrons. The summed E-state index contributed by atoms with van der Waals surface area (Å²) in [6.07, 6.45) is -1.13. The van der Waals surface area contributed by atoms with Gasteiger partial charge in [-0.25, -0.2) is 0 Å². The van der Waals surface area contributed by atoms with Gasteiger partial charge in [-0.15, -0.1) is 0 Å². The maximum Gasteiger partial charge on any atom is 0.119 e. The molecule has 0 unspecified atom stereocenters. The lowest BCUT2D eigenvalue weighted by molar-refractivity contribution is 0.168. The van der Waals surface area contributed by atoms with Gasteiger partial charge < -0.3 is 19.8 Å². The lowest BCUT2D eigenvalue weighted by Crippen LogP contribution is -2.34. The molecular formula is C18H23NO3. The van der Waals surface area contributed by atoms with Gasteiger partial charge in [0, 0.05) is 18.8 Å². The number of hydrogen-bond acceptors (Lipinski definition) is 4. The number of methoxy groups -OCH3 is 1. The molecule has 2 atom stereocenters. The van der Waals surface area contributed by atoms with Crippen LogP contribution < -0.4 is 9.64 Å². The molecule has 0 amide bonds. The van der Waals surface area contributed by atoms with E-state index in [1.165, 1.54) is 0 Å². The Kier molecular flexibility index (Phi) is 5.81. The summed E-state index contributed by atoms with van der Waals surface area (Å²) >= 11 is 0. The number of ether oxygens (including phenoxy) is 1. The second-order valence-electron chi connectivity index (χ2n) is 5.38. The number of para-hydroxylation sites is 1. The van der Waals surface area contributed by atoms with E-state index >= 15 is 0 Å². The van der Waals surface area contributed by atoms with Crippen molar-refractivity contribution < 1.29 is 14.9 Å². The van der Waals surface area contributed by atoms with E-state index in [-0.39, 0.29) is 0 Å². The van der Waals surface area contributed by atoms with Gasteiger partial charge in [0.25, 0.3) is 0 Å². The summed E-state index contributed by atoms with van der Waals surface area (Å²) in [4.78, 5) is 1.98. The highest BCUT2D eigenvalue weighted by Crippen LogP contribution is 2.22. The van der Waals surface area contributed by atoms with E-state index in [2.05, 4.69) is 0 Å². The number of hydrogen-bond donors (Lipinski definition) is 2. The van der Waals surface area contributed by atoms with Crippen molar-refractivity contribution >= 4 is 5.69 Å². The van der Waals surface area contributed by atoms with Crippen molar-refractivity contribution in [3.8, 4) is 5.75 Å². The summed E-state index contributed by atoms with van der Waals surface area (Å²) in [6.45, 7) is 2.61. The molecule has 0 spiro atoms. The van der Waals surface area contributed by atoms with Crippen molar-refractivity contribution in [1.82, 2.24) is 0 Å². The fourth-order valence-electron chi connectivity index (χ4n) is 2.41. The van der Waals surface area contributed by atoms with Crippen LogP contribution in [-0.4, -0.2) is 36.5 Å². The number of aliphatic hydroxyl groups is 2. The molecule has 0 heterocycles. The Morgan fingerprint density at radius 2 is 1.73 bits per heavy atom. The monoisotopic (exact) mass is 301 g/mol. The first kappa shape index (κ1) is 16.3. The third-order valence-electron chi connectivity index (χ3n) is 3.48. The van der Waals surface area contributed by atoms with Crippen LogP contribution in [0.2, 0.25) is 0 Å². The predicted molar refractivity (Wildman–Crippen MR) is 88.3 cm³/mol. The number of nitrogens with zero attached hydrogens (tertiary/aromatic N) is 1. The lowest BCUT2D eigenvalue weighted by Gasteiger charge is -2.28. The van der Waals surface area contributed by atoms with Gasteiger partial charge in [-0.2, -0.15) is 0 Å². The first-order chi connectivity index (χ1) is 10.6. The predicted octanol–water partition coefficient (Wildman–Crippen LogP) is 2.62. The first-order valence-electron chi connectivity index (χ1n) is 7.40. The maximum absolute atomic E-state index is 10.5. The summed E-state index contributed by atoms with van der Waals surface area (Å²) in [5, 5.41) is 20.2. The second kappa shape index (κ2) is 7.82. The summed E-state index contributed by atoms with van der Waals surface area (Å²) in [5.74, 6) is 0.721. The Hall–Kier alpha value is -2.04.